The van der Waals surface area contributed by atoms with Crippen molar-refractivity contribution < 1.29 is 14.7 Å². The fourth-order valence-electron chi connectivity index (χ4n) is 1.12. The van der Waals surface area contributed by atoms with Gasteiger partial charge in [-0.15, -0.1) is 0 Å². The minimum absolute atomic E-state index is 0.0219. The zero-order chi connectivity index (χ0) is 13.0. The van der Waals surface area contributed by atoms with Crippen LogP contribution in [0.4, 0.5) is 0 Å². The molecule has 0 saturated heterocycles. The zero-order valence-electron chi connectivity index (χ0n) is 10.3. The van der Waals surface area contributed by atoms with Crippen LogP contribution in [0.2, 0.25) is 0 Å². The van der Waals surface area contributed by atoms with Crippen molar-refractivity contribution in [1.82, 2.24) is 0 Å². The van der Waals surface area contributed by atoms with Crippen molar-refractivity contribution in [1.29, 1.82) is 0 Å². The second-order valence-corrected chi connectivity index (χ2v) is 2.62. The Kier molecular flexibility index (Phi) is 12.7. The highest BCUT2D eigenvalue weighted by Crippen LogP contribution is 2.18. The molecule has 0 aliphatic rings. The van der Waals surface area contributed by atoms with Crippen molar-refractivity contribution in [3.63, 3.8) is 0 Å². The van der Waals surface area contributed by atoms with Gasteiger partial charge in [0.15, 0.2) is 0 Å². The maximum atomic E-state index is 10.6. The first-order chi connectivity index (χ1) is 7.79. The summed E-state index contributed by atoms with van der Waals surface area (Å²) in [5.41, 5.74) is 1.64. The van der Waals surface area contributed by atoms with Crippen LogP contribution in [0.3, 0.4) is 0 Å². The monoisotopic (exact) mass is 227 g/mol. The lowest BCUT2D eigenvalue weighted by Gasteiger charge is -2.11. The highest BCUT2D eigenvalue weighted by molar-refractivity contribution is 5.77. The quantitative estimate of drug-likeness (QED) is 0.615. The summed E-state index contributed by atoms with van der Waals surface area (Å²) >= 11 is 0. The molecule has 1 atom stereocenters. The number of nitrogens with two attached hydrogens (primary N) is 1. The van der Waals surface area contributed by atoms with Crippen LogP contribution >= 0.6 is 0 Å². The molecule has 0 spiro atoms. The largest absolute Gasteiger partial charge is 0.377 e. The third-order valence-corrected chi connectivity index (χ3v) is 1.91. The van der Waals surface area contributed by atoms with Crippen molar-refractivity contribution in [3.05, 3.63) is 35.4 Å². The normalized spacial score (nSPS) is 10.1. The maximum Gasteiger partial charge on any atom is 0.150 e. The molecule has 0 radical (unpaired) electrons. The number of aldehydes is 1. The number of methoxy groups -OCH3 is 1. The van der Waals surface area contributed by atoms with Crippen molar-refractivity contribution in [2.24, 2.45) is 5.90 Å². The van der Waals surface area contributed by atoms with E-state index in [1.807, 2.05) is 39.0 Å². The molecule has 4 heteroatoms. The summed E-state index contributed by atoms with van der Waals surface area (Å²) in [5.74, 6) is 3.50. The van der Waals surface area contributed by atoms with Gasteiger partial charge < -0.3 is 9.94 Å². The highest BCUT2D eigenvalue weighted by atomic mass is 16.5. The third-order valence-electron chi connectivity index (χ3n) is 1.91. The van der Waals surface area contributed by atoms with Gasteiger partial charge in [0.05, 0.1) is 6.10 Å². The van der Waals surface area contributed by atoms with E-state index >= 15 is 0 Å². The first-order valence-electron chi connectivity index (χ1n) is 5.12. The molecule has 3 N–H and O–H groups in total. The van der Waals surface area contributed by atoms with E-state index < -0.39 is 0 Å². The molecule has 1 unspecified atom stereocenters. The predicted molar refractivity (Wildman–Crippen MR) is 64.6 cm³/mol. The topological polar surface area (TPSA) is 72.5 Å². The lowest BCUT2D eigenvalue weighted by atomic mass is 10.0. The van der Waals surface area contributed by atoms with Crippen molar-refractivity contribution in [3.8, 4) is 0 Å². The molecule has 0 amide bonds. The van der Waals surface area contributed by atoms with Gasteiger partial charge in [-0.3, -0.25) is 4.79 Å². The second kappa shape index (κ2) is 11.8. The molecule has 1 aromatic carbocycles. The van der Waals surface area contributed by atoms with Crippen LogP contribution in [0.1, 0.15) is 42.8 Å². The SMILES string of the molecule is CC.COC(C)c1ccccc1C=O.NO. The van der Waals surface area contributed by atoms with Crippen LogP contribution in [0, 0.1) is 0 Å². The Morgan fingerprint density at radius 1 is 1.31 bits per heavy atom. The Morgan fingerprint density at radius 2 is 1.81 bits per heavy atom. The Hall–Kier alpha value is -1.23. The van der Waals surface area contributed by atoms with Gasteiger partial charge in [-0.2, -0.15) is 0 Å². The number of ether oxygens (including phenoxy) is 1. The van der Waals surface area contributed by atoms with Crippen molar-refractivity contribution in [2.75, 3.05) is 7.11 Å². The molecular formula is C12H21NO3. The molecule has 92 valence electrons. The van der Waals surface area contributed by atoms with Gasteiger partial charge in [0, 0.05) is 12.7 Å². The van der Waals surface area contributed by atoms with E-state index in [1.165, 1.54) is 0 Å². The maximum absolute atomic E-state index is 10.6. The van der Waals surface area contributed by atoms with Crippen LogP contribution < -0.4 is 5.90 Å². The Morgan fingerprint density at radius 3 is 2.25 bits per heavy atom. The average Bonchev–Trinajstić information content (AvgIpc) is 2.42. The Labute approximate surface area is 97.0 Å². The lowest BCUT2D eigenvalue weighted by Crippen LogP contribution is -1.99. The standard InChI is InChI=1S/C10H12O2.C2H6.H3NO/c1-8(12-2)10-6-4-3-5-9(10)7-11;2*1-2/h3-8H,1-2H3;1-2H3;2H,1H2. The minimum Gasteiger partial charge on any atom is -0.377 e. The fourth-order valence-corrected chi connectivity index (χ4v) is 1.12. The van der Waals surface area contributed by atoms with Gasteiger partial charge in [0.1, 0.15) is 6.29 Å². The number of carbonyl (C=O) groups excluding carboxylic acids is 1. The van der Waals surface area contributed by atoms with Crippen LogP contribution in [-0.4, -0.2) is 18.6 Å². The summed E-state index contributed by atoms with van der Waals surface area (Å²) in [6.45, 7) is 5.92. The molecule has 0 bridgehead atoms. The van der Waals surface area contributed by atoms with Crippen molar-refractivity contribution >= 4 is 6.29 Å². The molecule has 0 aliphatic heterocycles. The summed E-state index contributed by atoms with van der Waals surface area (Å²) < 4.78 is 5.12. The number of carbonyl (C=O) groups is 1. The summed E-state index contributed by atoms with van der Waals surface area (Å²) in [7, 11) is 1.63. The van der Waals surface area contributed by atoms with Crippen LogP contribution in [0.5, 0.6) is 0 Å². The van der Waals surface area contributed by atoms with Gasteiger partial charge in [-0.1, -0.05) is 38.1 Å². The van der Waals surface area contributed by atoms with E-state index in [1.54, 1.807) is 13.2 Å². The molecule has 16 heavy (non-hydrogen) atoms. The summed E-state index contributed by atoms with van der Waals surface area (Å²) in [6, 6.07) is 7.43. The molecule has 4 nitrogen and oxygen atoms in total. The van der Waals surface area contributed by atoms with E-state index in [2.05, 4.69) is 5.90 Å². The summed E-state index contributed by atoms with van der Waals surface area (Å²) in [6.07, 6.45) is 0.830. The fraction of sp³-hybridized carbons (Fsp3) is 0.417. The van der Waals surface area contributed by atoms with Gasteiger partial charge >= 0.3 is 0 Å². The molecule has 0 saturated carbocycles. The van der Waals surface area contributed by atoms with Crippen LogP contribution in [0.15, 0.2) is 24.3 Å². The predicted octanol–water partition coefficient (Wildman–Crippen LogP) is 2.57. The van der Waals surface area contributed by atoms with Gasteiger partial charge in [-0.05, 0) is 12.5 Å². The molecule has 1 aromatic rings. The average molecular weight is 227 g/mol. The smallest absolute Gasteiger partial charge is 0.150 e. The summed E-state index contributed by atoms with van der Waals surface area (Å²) in [5, 5.41) is 6.50. The molecule has 0 fully saturated rings. The third kappa shape index (κ3) is 5.60. The first kappa shape index (κ1) is 17.2. The number of benzene rings is 1. The molecular weight excluding hydrogens is 206 g/mol. The van der Waals surface area contributed by atoms with E-state index in [9.17, 15) is 4.79 Å². The van der Waals surface area contributed by atoms with Gasteiger partial charge in [0.2, 0.25) is 0 Å². The van der Waals surface area contributed by atoms with E-state index in [0.29, 0.717) is 5.56 Å². The Bertz CT molecular complexity index is 277. The second-order valence-electron chi connectivity index (χ2n) is 2.62. The van der Waals surface area contributed by atoms with Crippen LogP contribution in [0.25, 0.3) is 0 Å². The van der Waals surface area contributed by atoms with Gasteiger partial charge in [-0.25, -0.2) is 5.90 Å². The van der Waals surface area contributed by atoms with Gasteiger partial charge in [0.25, 0.3) is 0 Å². The first-order valence-corrected chi connectivity index (χ1v) is 5.12. The number of hydrogen-bond acceptors (Lipinski definition) is 4. The van der Waals surface area contributed by atoms with Crippen LogP contribution in [-0.2, 0) is 4.74 Å². The highest BCUT2D eigenvalue weighted by Gasteiger charge is 2.07. The van der Waals surface area contributed by atoms with E-state index in [-0.39, 0.29) is 6.10 Å². The molecule has 1 rings (SSSR count). The minimum atomic E-state index is -0.0219. The Balaban J connectivity index is 0. The molecule has 0 heterocycles. The van der Waals surface area contributed by atoms with E-state index in [4.69, 9.17) is 9.94 Å². The number of hydrogen-bond donors (Lipinski definition) is 2. The lowest BCUT2D eigenvalue weighted by molar-refractivity contribution is 0.108. The summed E-state index contributed by atoms with van der Waals surface area (Å²) in [4.78, 5) is 10.6. The molecule has 0 aromatic heterocycles. The van der Waals surface area contributed by atoms with Crippen molar-refractivity contribution in [2.45, 2.75) is 26.9 Å². The number of rotatable bonds is 3. The van der Waals surface area contributed by atoms with E-state index in [0.717, 1.165) is 11.8 Å². The zero-order valence-corrected chi connectivity index (χ0v) is 10.3. The molecule has 0 aliphatic carbocycles.